The Morgan fingerprint density at radius 3 is 2.70 bits per heavy atom. The van der Waals surface area contributed by atoms with Crippen LogP contribution in [0.3, 0.4) is 0 Å². The lowest BCUT2D eigenvalue weighted by Gasteiger charge is -2.14. The van der Waals surface area contributed by atoms with Gasteiger partial charge in [0.15, 0.2) is 5.69 Å². The molecule has 9 heteroatoms. The zero-order chi connectivity index (χ0) is 17.0. The molecule has 8 nitrogen and oxygen atoms in total. The third-order valence-electron chi connectivity index (χ3n) is 3.08. The van der Waals surface area contributed by atoms with E-state index in [4.69, 9.17) is 9.84 Å². The van der Waals surface area contributed by atoms with Crippen molar-refractivity contribution in [3.8, 4) is 5.69 Å². The van der Waals surface area contributed by atoms with Gasteiger partial charge in [0, 0.05) is 13.3 Å². The van der Waals surface area contributed by atoms with Crippen LogP contribution in [0, 0.1) is 0 Å². The van der Waals surface area contributed by atoms with Crippen LogP contribution in [0.25, 0.3) is 5.69 Å². The van der Waals surface area contributed by atoms with Gasteiger partial charge in [0.2, 0.25) is 10.0 Å². The summed E-state index contributed by atoms with van der Waals surface area (Å²) < 4.78 is 33.0. The highest BCUT2D eigenvalue weighted by atomic mass is 32.2. The molecule has 0 saturated carbocycles. The molecule has 0 bridgehead atoms. The summed E-state index contributed by atoms with van der Waals surface area (Å²) in [5, 5.41) is 12.8. The lowest BCUT2D eigenvalue weighted by Crippen LogP contribution is -2.26. The van der Waals surface area contributed by atoms with Crippen molar-refractivity contribution in [2.24, 2.45) is 0 Å². The van der Waals surface area contributed by atoms with Gasteiger partial charge in [-0.25, -0.2) is 17.9 Å². The number of nitrogens with zero attached hydrogens (tertiary/aromatic N) is 2. The van der Waals surface area contributed by atoms with Crippen LogP contribution in [0.2, 0.25) is 0 Å². The molecule has 124 valence electrons. The van der Waals surface area contributed by atoms with Crippen molar-refractivity contribution in [2.75, 3.05) is 17.6 Å². The van der Waals surface area contributed by atoms with E-state index in [-0.39, 0.29) is 11.4 Å². The molecule has 1 aromatic carbocycles. The van der Waals surface area contributed by atoms with Crippen molar-refractivity contribution in [3.63, 3.8) is 0 Å². The number of carboxylic acid groups (broad SMARTS) is 1. The topological polar surface area (TPSA) is 111 Å². The molecule has 0 aliphatic rings. The van der Waals surface area contributed by atoms with Gasteiger partial charge in [-0.1, -0.05) is 12.1 Å². The van der Waals surface area contributed by atoms with Crippen molar-refractivity contribution in [2.45, 2.75) is 13.0 Å². The average Bonchev–Trinajstić information content (AvgIpc) is 2.96. The third-order valence-corrected chi connectivity index (χ3v) is 4.52. The number of benzene rings is 1. The highest BCUT2D eigenvalue weighted by Crippen LogP contribution is 2.21. The number of hydrogen-bond acceptors (Lipinski definition) is 5. The summed E-state index contributed by atoms with van der Waals surface area (Å²) in [7, 11) is -2.18. The summed E-state index contributed by atoms with van der Waals surface area (Å²) >= 11 is 0. The highest BCUT2D eigenvalue weighted by molar-refractivity contribution is 7.92. The fraction of sp³-hybridized carbons (Fsp3) is 0.286. The molecule has 0 spiro atoms. The Morgan fingerprint density at radius 2 is 2.09 bits per heavy atom. The van der Waals surface area contributed by atoms with Crippen molar-refractivity contribution in [1.82, 2.24) is 9.78 Å². The maximum absolute atomic E-state index is 12.2. The lowest BCUT2D eigenvalue weighted by atomic mass is 10.3. The van der Waals surface area contributed by atoms with Crippen LogP contribution in [0.5, 0.6) is 0 Å². The van der Waals surface area contributed by atoms with Crippen LogP contribution in [-0.2, 0) is 14.8 Å². The predicted octanol–water partition coefficient (Wildman–Crippen LogP) is 1.35. The molecule has 0 unspecified atom stereocenters. The van der Waals surface area contributed by atoms with E-state index in [1.807, 2.05) is 0 Å². The second-order valence-electron chi connectivity index (χ2n) is 4.90. The molecule has 0 radical (unpaired) electrons. The van der Waals surface area contributed by atoms with Crippen molar-refractivity contribution in [3.05, 3.63) is 42.2 Å². The molecule has 2 aromatic rings. The normalized spacial score (nSPS) is 12.8. The van der Waals surface area contributed by atoms with Crippen LogP contribution >= 0.6 is 0 Å². The van der Waals surface area contributed by atoms with Gasteiger partial charge < -0.3 is 9.84 Å². The summed E-state index contributed by atoms with van der Waals surface area (Å²) in [5.41, 5.74) is 0.597. The Labute approximate surface area is 133 Å². The van der Waals surface area contributed by atoms with Gasteiger partial charge in [-0.05, 0) is 25.1 Å². The van der Waals surface area contributed by atoms with Gasteiger partial charge in [0.25, 0.3) is 0 Å². The molecule has 1 aromatic heterocycles. The van der Waals surface area contributed by atoms with Crippen molar-refractivity contribution in [1.29, 1.82) is 0 Å². The van der Waals surface area contributed by atoms with Gasteiger partial charge in [-0.2, -0.15) is 5.10 Å². The first-order chi connectivity index (χ1) is 10.8. The van der Waals surface area contributed by atoms with E-state index in [0.717, 1.165) is 0 Å². The molecule has 1 heterocycles. The summed E-state index contributed by atoms with van der Waals surface area (Å²) in [6, 6.07) is 7.92. The highest BCUT2D eigenvalue weighted by Gasteiger charge is 2.18. The van der Waals surface area contributed by atoms with Crippen molar-refractivity contribution < 1.29 is 23.1 Å². The van der Waals surface area contributed by atoms with E-state index in [1.165, 1.54) is 24.1 Å². The quantitative estimate of drug-likeness (QED) is 0.788. The zero-order valence-electron chi connectivity index (χ0n) is 12.6. The number of methoxy groups -OCH3 is 1. The number of anilines is 1. The number of para-hydroxylation sites is 2. The average molecular weight is 339 g/mol. The first kappa shape index (κ1) is 17.0. The molecule has 23 heavy (non-hydrogen) atoms. The molecule has 0 aliphatic carbocycles. The van der Waals surface area contributed by atoms with Crippen LogP contribution in [0.1, 0.15) is 17.4 Å². The SMILES string of the molecule is CO[C@H](C)CS(=O)(=O)Nc1ccccc1-n1ccc(C(=O)O)n1. The minimum Gasteiger partial charge on any atom is -0.476 e. The molecule has 0 fully saturated rings. The fourth-order valence-corrected chi connectivity index (χ4v) is 3.26. The van der Waals surface area contributed by atoms with Crippen LogP contribution in [0.4, 0.5) is 5.69 Å². The Hall–Kier alpha value is -2.39. The number of carboxylic acids is 1. The number of ether oxygens (including phenoxy) is 1. The van der Waals surface area contributed by atoms with Crippen molar-refractivity contribution >= 4 is 21.7 Å². The van der Waals surface area contributed by atoms with E-state index < -0.39 is 22.1 Å². The molecular weight excluding hydrogens is 322 g/mol. The second kappa shape index (κ2) is 6.80. The number of rotatable bonds is 7. The number of aromatic nitrogens is 2. The molecular formula is C14H17N3O5S. The standard InChI is InChI=1S/C14H17N3O5S/c1-10(22-2)9-23(20,21)16-11-5-3-4-6-13(11)17-8-7-12(15-17)14(18)19/h3-8,10,16H,9H2,1-2H3,(H,18,19)/t10-/m1/s1. The number of hydrogen-bond donors (Lipinski definition) is 2. The molecule has 1 atom stereocenters. The lowest BCUT2D eigenvalue weighted by molar-refractivity contribution is 0.0690. The maximum Gasteiger partial charge on any atom is 0.356 e. The monoisotopic (exact) mass is 339 g/mol. The number of carbonyl (C=O) groups is 1. The minimum absolute atomic E-state index is 0.129. The van der Waals surface area contributed by atoms with E-state index in [9.17, 15) is 13.2 Å². The number of aromatic carboxylic acids is 1. The third kappa shape index (κ3) is 4.30. The van der Waals surface area contributed by atoms with E-state index in [1.54, 1.807) is 31.2 Å². The second-order valence-corrected chi connectivity index (χ2v) is 6.66. The van der Waals surface area contributed by atoms with Crippen LogP contribution in [0.15, 0.2) is 36.5 Å². The summed E-state index contributed by atoms with van der Waals surface area (Å²) in [6.07, 6.45) is 0.997. The predicted molar refractivity (Wildman–Crippen MR) is 84.4 cm³/mol. The van der Waals surface area contributed by atoms with Gasteiger partial charge in [-0.3, -0.25) is 4.72 Å². The van der Waals surface area contributed by atoms with Gasteiger partial charge in [0.05, 0.1) is 23.2 Å². The Balaban J connectivity index is 2.32. The zero-order valence-corrected chi connectivity index (χ0v) is 13.4. The van der Waals surface area contributed by atoms with Gasteiger partial charge in [-0.15, -0.1) is 0 Å². The fourth-order valence-electron chi connectivity index (χ4n) is 1.92. The summed E-state index contributed by atoms with van der Waals surface area (Å²) in [5.74, 6) is -1.35. The molecule has 2 N–H and O–H groups in total. The van der Waals surface area contributed by atoms with E-state index in [2.05, 4.69) is 9.82 Å². The van der Waals surface area contributed by atoms with Crippen LogP contribution in [-0.4, -0.2) is 48.2 Å². The molecule has 0 aliphatic heterocycles. The maximum atomic E-state index is 12.2. The van der Waals surface area contributed by atoms with Crippen LogP contribution < -0.4 is 4.72 Å². The first-order valence-electron chi connectivity index (χ1n) is 6.74. The van der Waals surface area contributed by atoms with Gasteiger partial charge in [0.1, 0.15) is 0 Å². The summed E-state index contributed by atoms with van der Waals surface area (Å²) in [6.45, 7) is 1.65. The minimum atomic E-state index is -3.62. The molecule has 0 saturated heterocycles. The number of nitrogens with one attached hydrogen (secondary N) is 1. The first-order valence-corrected chi connectivity index (χ1v) is 8.39. The largest absolute Gasteiger partial charge is 0.476 e. The van der Waals surface area contributed by atoms with E-state index in [0.29, 0.717) is 11.4 Å². The summed E-state index contributed by atoms with van der Waals surface area (Å²) in [4.78, 5) is 10.9. The molecule has 0 amide bonds. The van der Waals surface area contributed by atoms with Gasteiger partial charge >= 0.3 is 5.97 Å². The Kier molecular flexibility index (Phi) is 5.02. The smallest absolute Gasteiger partial charge is 0.356 e. The Morgan fingerprint density at radius 1 is 1.39 bits per heavy atom. The Bertz CT molecular complexity index is 800. The van der Waals surface area contributed by atoms with E-state index >= 15 is 0 Å². The number of sulfonamides is 1. The molecule has 2 rings (SSSR count).